The lowest BCUT2D eigenvalue weighted by molar-refractivity contribution is -0.168. The van der Waals surface area contributed by atoms with Crippen molar-refractivity contribution < 1.29 is 58.6 Å². The number of hydrogen-bond donors (Lipinski definition) is 4. The fourth-order valence-corrected chi connectivity index (χ4v) is 15.8. The van der Waals surface area contributed by atoms with E-state index in [1.54, 1.807) is 50.5 Å². The normalized spacial score (nSPS) is 32.9. The first-order chi connectivity index (χ1) is 42.1. The molecule has 12 rings (SSSR count). The Labute approximate surface area is 527 Å². The molecular weight excluding hydrogens is 1160 g/mol. The highest BCUT2D eigenvalue weighted by molar-refractivity contribution is 6.31. The summed E-state index contributed by atoms with van der Waals surface area (Å²) in [7, 11) is 5.78. The molecule has 4 aromatic carbocycles. The van der Waals surface area contributed by atoms with Crippen LogP contribution in [0.3, 0.4) is 0 Å². The molecule has 88 heavy (non-hydrogen) atoms. The number of rotatable bonds is 2. The summed E-state index contributed by atoms with van der Waals surface area (Å²) in [6, 6.07) is 22.4. The number of amides is 2. The number of aliphatic hydroxyl groups is 4. The van der Waals surface area contributed by atoms with Crippen molar-refractivity contribution in [2.75, 3.05) is 77.5 Å². The zero-order valence-electron chi connectivity index (χ0n) is 51.6. The van der Waals surface area contributed by atoms with Crippen LogP contribution in [-0.2, 0) is 63.5 Å². The van der Waals surface area contributed by atoms with Gasteiger partial charge in [-0.3, -0.25) is 9.59 Å². The lowest BCUT2D eigenvalue weighted by Gasteiger charge is -2.45. The second-order valence-corrected chi connectivity index (χ2v) is 27.5. The quantitative estimate of drug-likeness (QED) is 0.109. The summed E-state index contributed by atoms with van der Waals surface area (Å²) >= 11 is 12.8. The third-order valence-corrected chi connectivity index (χ3v) is 21.8. The molecule has 4 aromatic rings. The van der Waals surface area contributed by atoms with Crippen LogP contribution < -0.4 is 19.3 Å². The number of fused-ring (bicyclic) bond motifs is 8. The molecule has 2 saturated carbocycles. The number of hydrogen-bond acceptors (Lipinski definition) is 14. The van der Waals surface area contributed by atoms with Crippen molar-refractivity contribution in [3.8, 4) is 11.5 Å². The number of methoxy groups -OCH3 is 2. The molecule has 4 heterocycles. The summed E-state index contributed by atoms with van der Waals surface area (Å²) < 4.78 is 23.3. The third-order valence-electron chi connectivity index (χ3n) is 21.4. The van der Waals surface area contributed by atoms with E-state index in [-0.39, 0.29) is 69.5 Å². The van der Waals surface area contributed by atoms with Crippen LogP contribution in [0.2, 0.25) is 10.0 Å². The highest BCUT2D eigenvalue weighted by Crippen LogP contribution is 2.50. The van der Waals surface area contributed by atoms with Gasteiger partial charge in [-0.1, -0.05) is 71.8 Å². The van der Waals surface area contributed by atoms with Crippen LogP contribution in [0.5, 0.6) is 11.5 Å². The van der Waals surface area contributed by atoms with Crippen molar-refractivity contribution in [2.24, 2.45) is 23.7 Å². The van der Waals surface area contributed by atoms with Gasteiger partial charge in [0.2, 0.25) is 11.8 Å². The number of aliphatic hydroxyl groups excluding tert-OH is 2. The lowest BCUT2D eigenvalue weighted by Crippen LogP contribution is -2.49. The first-order valence-electron chi connectivity index (χ1n) is 31.5. The number of esters is 2. The van der Waals surface area contributed by atoms with Crippen molar-refractivity contribution in [3.05, 3.63) is 141 Å². The molecule has 4 N–H and O–H groups in total. The number of carbonyl (C=O) groups is 4. The van der Waals surface area contributed by atoms with Gasteiger partial charge in [0.15, 0.2) is 11.2 Å². The Morgan fingerprint density at radius 3 is 1.38 bits per heavy atom. The van der Waals surface area contributed by atoms with Crippen molar-refractivity contribution in [1.29, 1.82) is 0 Å². The fraction of sp³-hybridized carbons (Fsp3) is 0.543. The second kappa shape index (κ2) is 25.6. The predicted octanol–water partition coefficient (Wildman–Crippen LogP) is 9.52. The van der Waals surface area contributed by atoms with Gasteiger partial charge < -0.3 is 59.0 Å². The second-order valence-electron chi connectivity index (χ2n) is 26.7. The van der Waals surface area contributed by atoms with Crippen LogP contribution in [0.4, 0.5) is 11.4 Å². The number of benzene rings is 4. The Kier molecular flexibility index (Phi) is 18.5. The summed E-state index contributed by atoms with van der Waals surface area (Å²) in [5, 5.41) is 47.7. The topological polar surface area (TPSA) is 199 Å². The van der Waals surface area contributed by atoms with Crippen LogP contribution >= 0.6 is 23.2 Å². The zero-order valence-corrected chi connectivity index (χ0v) is 53.1. The summed E-state index contributed by atoms with van der Waals surface area (Å²) in [6.07, 6.45) is 16.4. The molecule has 4 bridgehead atoms. The van der Waals surface area contributed by atoms with Gasteiger partial charge in [-0.2, -0.15) is 0 Å². The van der Waals surface area contributed by atoms with Crippen LogP contribution in [0.1, 0.15) is 124 Å². The summed E-state index contributed by atoms with van der Waals surface area (Å²) in [5.74, 6) is -0.476. The Morgan fingerprint density at radius 2 is 1.00 bits per heavy atom. The maximum absolute atomic E-state index is 13.5. The molecule has 0 saturated heterocycles. The molecule has 4 aliphatic heterocycles. The SMILES string of the molecule is COC(=O)[C@@]1(O)CC(=O)N(C)[C@H](C)C/C=C/[C@H](O)[C@@H]2CC[C@H]2CN2C[C@@]3(CCCc4cc(Cl)ccc43)COc3ccc1cc32.COC(=O)[C@]1(O)CC(=O)N(C)[C@H](C)C/C=C/[C@H](O)[C@@H]2CC[C@H]2CN2C[C@@]3(CCCc4cc(Cl)ccc43)COc3ccc1cc32. The maximum atomic E-state index is 13.5. The van der Waals surface area contributed by atoms with E-state index in [0.717, 1.165) is 85.6 Å². The number of ether oxygens (including phenoxy) is 4. The maximum Gasteiger partial charge on any atom is 0.343 e. The molecule has 12 atom stereocenters. The van der Waals surface area contributed by atoms with Crippen molar-refractivity contribution in [2.45, 2.75) is 150 Å². The van der Waals surface area contributed by atoms with E-state index < -0.39 is 48.2 Å². The first kappa shape index (κ1) is 63.4. The Balaban J connectivity index is 0.000000182. The highest BCUT2D eigenvalue weighted by Gasteiger charge is 2.50. The molecule has 4 aliphatic carbocycles. The molecule has 2 spiro atoms. The minimum Gasteiger partial charge on any atom is -0.490 e. The molecular formula is C70H86Cl2N4O12. The Hall–Kier alpha value is -6.14. The number of anilines is 2. The largest absolute Gasteiger partial charge is 0.490 e. The van der Waals surface area contributed by atoms with E-state index in [2.05, 4.69) is 34.1 Å². The van der Waals surface area contributed by atoms with Crippen molar-refractivity contribution >= 4 is 58.3 Å². The van der Waals surface area contributed by atoms with E-state index in [0.29, 0.717) is 63.7 Å². The Bertz CT molecular complexity index is 3140. The monoisotopic (exact) mass is 1240 g/mol. The number of nitrogens with zero attached hydrogens (tertiary/aromatic N) is 4. The first-order valence-corrected chi connectivity index (χ1v) is 32.3. The molecule has 2 amide bonds. The van der Waals surface area contributed by atoms with Gasteiger partial charge in [-0.05, 0) is 196 Å². The average molecular weight is 1250 g/mol. The number of halogens is 2. The Morgan fingerprint density at radius 1 is 0.591 bits per heavy atom. The molecule has 0 radical (unpaired) electrons. The molecule has 0 unspecified atom stereocenters. The molecule has 18 heteroatoms. The van der Waals surface area contributed by atoms with E-state index in [1.807, 2.05) is 50.3 Å². The average Bonchev–Trinajstić information content (AvgIpc) is 1.56. The minimum atomic E-state index is -2.18. The van der Waals surface area contributed by atoms with Crippen LogP contribution in [0.25, 0.3) is 0 Å². The van der Waals surface area contributed by atoms with Crippen molar-refractivity contribution in [3.63, 3.8) is 0 Å². The van der Waals surface area contributed by atoms with E-state index in [4.69, 9.17) is 42.1 Å². The molecule has 16 nitrogen and oxygen atoms in total. The van der Waals surface area contributed by atoms with Crippen LogP contribution in [0.15, 0.2) is 97.1 Å². The van der Waals surface area contributed by atoms with E-state index in [1.165, 1.54) is 46.3 Å². The molecule has 8 aliphatic rings. The molecule has 472 valence electrons. The lowest BCUT2D eigenvalue weighted by atomic mass is 9.68. The van der Waals surface area contributed by atoms with Gasteiger partial charge in [0.25, 0.3) is 0 Å². The van der Waals surface area contributed by atoms with Crippen LogP contribution in [0, 0.1) is 23.7 Å². The highest BCUT2D eigenvalue weighted by atomic mass is 35.5. The van der Waals surface area contributed by atoms with E-state index in [9.17, 15) is 39.6 Å². The van der Waals surface area contributed by atoms with Gasteiger partial charge in [-0.15, -0.1) is 0 Å². The van der Waals surface area contributed by atoms with Gasteiger partial charge in [0.05, 0.1) is 63.9 Å². The molecule has 2 fully saturated rings. The fourth-order valence-electron chi connectivity index (χ4n) is 15.4. The molecule has 0 aromatic heterocycles. The predicted molar refractivity (Wildman–Crippen MR) is 338 cm³/mol. The minimum absolute atomic E-state index is 0.116. The van der Waals surface area contributed by atoms with Gasteiger partial charge in [-0.25, -0.2) is 9.59 Å². The van der Waals surface area contributed by atoms with Gasteiger partial charge in [0.1, 0.15) is 11.5 Å². The van der Waals surface area contributed by atoms with Gasteiger partial charge >= 0.3 is 11.9 Å². The van der Waals surface area contributed by atoms with E-state index >= 15 is 0 Å². The third kappa shape index (κ3) is 12.2. The standard InChI is InChI=1S/2C35H43ClN2O6/c2*1-22-6-4-8-30(39)27-12-9-24(27)19-38-20-34(15-5-7-23-16-26(36)11-13-28(23)34)21-44-31-14-10-25(17-29(31)38)35(42,33(41)43-3)18-32(40)37(22)2/h2*4,8,10-11,13-14,16-17,22,24,27,30,39,42H,5-7,9,12,15,18-21H2,1-3H3/b2*8-4+/t22-,24+,27-,30+,34+,35+;22-,24+,27-,30+,34+,35-/m11/s1. The van der Waals surface area contributed by atoms with Crippen molar-refractivity contribution in [1.82, 2.24) is 9.80 Å². The number of aryl methyl sites for hydroxylation is 2. The summed E-state index contributed by atoms with van der Waals surface area (Å²) in [4.78, 5) is 61.0. The summed E-state index contributed by atoms with van der Waals surface area (Å²) in [5.41, 5.74) is 2.14. The van der Waals surface area contributed by atoms with Crippen LogP contribution in [-0.4, -0.2) is 146 Å². The smallest absolute Gasteiger partial charge is 0.343 e. The zero-order chi connectivity index (χ0) is 62.5. The summed E-state index contributed by atoms with van der Waals surface area (Å²) in [6.45, 7) is 7.49. The van der Waals surface area contributed by atoms with Gasteiger partial charge in [0, 0.05) is 73.2 Å². The number of carbonyl (C=O) groups excluding carboxylic acids is 4.